The van der Waals surface area contributed by atoms with Crippen LogP contribution in [0.15, 0.2) is 12.2 Å². The van der Waals surface area contributed by atoms with Gasteiger partial charge >= 0.3 is 5.97 Å². The number of carbonyl (C=O) groups is 1. The van der Waals surface area contributed by atoms with Crippen molar-refractivity contribution in [2.24, 2.45) is 0 Å². The van der Waals surface area contributed by atoms with Crippen LogP contribution in [0.2, 0.25) is 19.1 Å². The quantitative estimate of drug-likeness (QED) is 0.135. The number of carbonyl (C=O) groups excluding carboxylic acids is 1. The van der Waals surface area contributed by atoms with Crippen LogP contribution in [-0.4, -0.2) is 20.0 Å². The molecule has 0 aromatic carbocycles. The summed E-state index contributed by atoms with van der Waals surface area (Å²) in [5, 5.41) is 0. The van der Waals surface area contributed by atoms with Crippen LogP contribution in [0.25, 0.3) is 0 Å². The lowest BCUT2D eigenvalue weighted by atomic mass is 10.1. The van der Waals surface area contributed by atoms with E-state index in [1.807, 2.05) is 6.92 Å². The Balaban J connectivity index is 3.14. The van der Waals surface area contributed by atoms with Crippen molar-refractivity contribution in [3.8, 4) is 0 Å². The summed E-state index contributed by atoms with van der Waals surface area (Å²) < 4.78 is 5.05. The number of esters is 1. The fraction of sp³-hybridized carbons (Fsp3) is 0.824. The van der Waals surface area contributed by atoms with Gasteiger partial charge in [-0.1, -0.05) is 70.5 Å². The van der Waals surface area contributed by atoms with Gasteiger partial charge in [0, 0.05) is 6.08 Å². The Morgan fingerprint density at radius 2 is 1.43 bits per heavy atom. The summed E-state index contributed by atoms with van der Waals surface area (Å²) in [6.07, 6.45) is 14.6. The van der Waals surface area contributed by atoms with E-state index in [1.165, 1.54) is 57.1 Å². The number of hydrogen-bond acceptors (Lipinski definition) is 2. The molecule has 0 heterocycles. The minimum Gasteiger partial charge on any atom is -0.463 e. The minimum atomic E-state index is -1.33. The molecule has 21 heavy (non-hydrogen) atoms. The fourth-order valence-corrected chi connectivity index (χ4v) is 3.73. The first-order valence-corrected chi connectivity index (χ1v) is 12.7. The Morgan fingerprint density at radius 3 is 1.90 bits per heavy atom. The van der Waals surface area contributed by atoms with Gasteiger partial charge in [-0.25, -0.2) is 4.79 Å². The largest absolute Gasteiger partial charge is 0.463 e. The summed E-state index contributed by atoms with van der Waals surface area (Å²) >= 11 is 6.30. The monoisotopic (exact) mass is 332 g/mol. The third-order valence-electron chi connectivity index (χ3n) is 3.46. The molecule has 0 unspecified atom stereocenters. The van der Waals surface area contributed by atoms with E-state index in [-0.39, 0.29) is 5.97 Å². The first-order chi connectivity index (χ1) is 9.95. The zero-order valence-electron chi connectivity index (χ0n) is 14.1. The molecular formula is C17H33ClO2Si. The van der Waals surface area contributed by atoms with Crippen LogP contribution in [0.4, 0.5) is 0 Å². The van der Waals surface area contributed by atoms with Gasteiger partial charge in [0.15, 0.2) is 0 Å². The predicted octanol–water partition coefficient (Wildman–Crippen LogP) is 6.06. The van der Waals surface area contributed by atoms with Crippen molar-refractivity contribution < 1.29 is 9.53 Å². The molecule has 0 saturated heterocycles. The molecule has 0 aromatic rings. The zero-order chi connectivity index (χ0) is 16.0. The average Bonchev–Trinajstić information content (AvgIpc) is 2.39. The van der Waals surface area contributed by atoms with Gasteiger partial charge in [0.25, 0.3) is 0 Å². The lowest BCUT2D eigenvalue weighted by molar-refractivity contribution is -0.137. The number of allylic oxidation sites excluding steroid dienone is 1. The minimum absolute atomic E-state index is 0.222. The first kappa shape index (κ1) is 20.7. The second-order valence-corrected chi connectivity index (χ2v) is 13.3. The molecule has 124 valence electrons. The Labute approximate surface area is 137 Å². The number of unbranched alkanes of at least 4 members (excludes halogenated alkanes) is 8. The van der Waals surface area contributed by atoms with Gasteiger partial charge in [0.05, 0.1) is 6.61 Å². The second-order valence-electron chi connectivity index (χ2n) is 6.32. The first-order valence-electron chi connectivity index (χ1n) is 8.44. The summed E-state index contributed by atoms with van der Waals surface area (Å²) in [6.45, 7) is 6.83. The van der Waals surface area contributed by atoms with E-state index in [1.54, 1.807) is 6.08 Å². The Morgan fingerprint density at radius 1 is 0.952 bits per heavy atom. The molecule has 0 amide bonds. The summed E-state index contributed by atoms with van der Waals surface area (Å²) in [7, 11) is -1.33. The molecule has 0 bridgehead atoms. The summed E-state index contributed by atoms with van der Waals surface area (Å²) in [5.41, 5.74) is 0. The van der Waals surface area contributed by atoms with Gasteiger partial charge in [0.1, 0.15) is 7.38 Å². The van der Waals surface area contributed by atoms with Gasteiger partial charge in [-0.05, 0) is 19.4 Å². The van der Waals surface area contributed by atoms with Gasteiger partial charge in [-0.3, -0.25) is 0 Å². The second kappa shape index (κ2) is 13.4. The molecule has 0 aliphatic rings. The molecule has 0 spiro atoms. The molecular weight excluding hydrogens is 300 g/mol. The van der Waals surface area contributed by atoms with Crippen molar-refractivity contribution in [2.75, 3.05) is 6.61 Å². The molecule has 0 radical (unpaired) electrons. The van der Waals surface area contributed by atoms with Crippen molar-refractivity contribution >= 4 is 24.4 Å². The van der Waals surface area contributed by atoms with E-state index < -0.39 is 7.38 Å². The maximum absolute atomic E-state index is 11.1. The molecule has 0 fully saturated rings. The Kier molecular flexibility index (Phi) is 13.2. The SMILES string of the molecule is CC=CC(=O)OCCCCCCCCCCC[Si](C)(C)Cl. The fourth-order valence-electron chi connectivity index (χ4n) is 2.24. The van der Waals surface area contributed by atoms with E-state index in [0.29, 0.717) is 6.61 Å². The standard InChI is InChI=1S/C17H33ClO2Si/c1-4-14-17(19)20-15-12-10-8-6-5-7-9-11-13-16-21(2,3)18/h4,14H,5-13,15-16H2,1-3H3. The number of hydrogen-bond donors (Lipinski definition) is 0. The average molecular weight is 333 g/mol. The number of rotatable bonds is 13. The summed E-state index contributed by atoms with van der Waals surface area (Å²) in [4.78, 5) is 11.1. The molecule has 0 rings (SSSR count). The molecule has 0 aromatic heterocycles. The van der Waals surface area contributed by atoms with Crippen LogP contribution < -0.4 is 0 Å². The van der Waals surface area contributed by atoms with Crippen molar-refractivity contribution in [3.05, 3.63) is 12.2 Å². The maximum atomic E-state index is 11.1. The van der Waals surface area contributed by atoms with Crippen molar-refractivity contribution in [2.45, 2.75) is 83.8 Å². The van der Waals surface area contributed by atoms with E-state index in [4.69, 9.17) is 15.8 Å². The Bertz CT molecular complexity index is 285. The molecule has 4 heteroatoms. The summed E-state index contributed by atoms with van der Waals surface area (Å²) in [6, 6.07) is 1.25. The zero-order valence-corrected chi connectivity index (χ0v) is 15.9. The molecule has 0 saturated carbocycles. The predicted molar refractivity (Wildman–Crippen MR) is 95.5 cm³/mol. The third-order valence-corrected chi connectivity index (χ3v) is 5.57. The van der Waals surface area contributed by atoms with Crippen molar-refractivity contribution in [1.82, 2.24) is 0 Å². The van der Waals surface area contributed by atoms with Gasteiger partial charge in [-0.15, -0.1) is 0 Å². The van der Waals surface area contributed by atoms with Crippen LogP contribution >= 0.6 is 11.1 Å². The van der Waals surface area contributed by atoms with E-state index in [9.17, 15) is 4.79 Å². The third kappa shape index (κ3) is 17.7. The lowest BCUT2D eigenvalue weighted by Gasteiger charge is -2.11. The highest BCUT2D eigenvalue weighted by molar-refractivity contribution is 7.19. The van der Waals surface area contributed by atoms with Crippen molar-refractivity contribution in [1.29, 1.82) is 0 Å². The summed E-state index contributed by atoms with van der Waals surface area (Å²) in [5.74, 6) is -0.222. The van der Waals surface area contributed by atoms with Gasteiger partial charge in [-0.2, -0.15) is 11.1 Å². The van der Waals surface area contributed by atoms with Crippen LogP contribution in [0.5, 0.6) is 0 Å². The highest BCUT2D eigenvalue weighted by atomic mass is 35.6. The van der Waals surface area contributed by atoms with Crippen LogP contribution in [0.1, 0.15) is 64.7 Å². The number of halogens is 1. The van der Waals surface area contributed by atoms with Gasteiger partial charge < -0.3 is 4.74 Å². The molecule has 0 atom stereocenters. The van der Waals surface area contributed by atoms with Crippen LogP contribution in [-0.2, 0) is 9.53 Å². The highest BCUT2D eigenvalue weighted by Gasteiger charge is 2.15. The molecule has 2 nitrogen and oxygen atoms in total. The van der Waals surface area contributed by atoms with Crippen LogP contribution in [0, 0.1) is 0 Å². The molecule has 0 aliphatic carbocycles. The van der Waals surface area contributed by atoms with E-state index in [0.717, 1.165) is 12.8 Å². The normalized spacial score (nSPS) is 12.0. The van der Waals surface area contributed by atoms with E-state index >= 15 is 0 Å². The maximum Gasteiger partial charge on any atom is 0.330 e. The lowest BCUT2D eigenvalue weighted by Crippen LogP contribution is -2.14. The van der Waals surface area contributed by atoms with Crippen LogP contribution in [0.3, 0.4) is 0 Å². The topological polar surface area (TPSA) is 26.3 Å². The highest BCUT2D eigenvalue weighted by Crippen LogP contribution is 2.19. The Hall–Kier alpha value is -0.283. The van der Waals surface area contributed by atoms with E-state index in [2.05, 4.69) is 13.1 Å². The molecule has 0 N–H and O–H groups in total. The van der Waals surface area contributed by atoms with Gasteiger partial charge in [0.2, 0.25) is 0 Å². The number of ether oxygens (including phenoxy) is 1. The smallest absolute Gasteiger partial charge is 0.330 e. The van der Waals surface area contributed by atoms with Crippen molar-refractivity contribution in [3.63, 3.8) is 0 Å². The molecule has 0 aliphatic heterocycles.